The number of piperidine rings is 1. The Balaban J connectivity index is 1.92. The van der Waals surface area contributed by atoms with Crippen LogP contribution in [0.5, 0.6) is 0 Å². The van der Waals surface area contributed by atoms with E-state index in [4.69, 9.17) is 0 Å². The largest absolute Gasteiger partial charge is 0.337 e. The predicted molar refractivity (Wildman–Crippen MR) is 74.8 cm³/mol. The van der Waals surface area contributed by atoms with Gasteiger partial charge in [0.25, 0.3) is 5.91 Å². The number of fused-ring (bicyclic) bond motifs is 1. The molecule has 0 aliphatic carbocycles. The number of hydrogen-bond donors (Lipinski definition) is 0. The van der Waals surface area contributed by atoms with Crippen LogP contribution in [0.25, 0.3) is 11.2 Å². The lowest BCUT2D eigenvalue weighted by atomic mass is 10.1. The minimum absolute atomic E-state index is 0.0428. The molecular weight excluding hydrogens is 308 g/mol. The number of aromatic nitrogens is 3. The molecule has 1 fully saturated rings. The van der Waals surface area contributed by atoms with Crippen LogP contribution >= 0.6 is 15.9 Å². The maximum absolute atomic E-state index is 12.3. The topological polar surface area (TPSA) is 59.0 Å². The lowest BCUT2D eigenvalue weighted by Gasteiger charge is -2.26. The van der Waals surface area contributed by atoms with E-state index in [9.17, 15) is 4.79 Å². The Hall–Kier alpha value is -1.56. The minimum Gasteiger partial charge on any atom is -0.337 e. The highest BCUT2D eigenvalue weighted by atomic mass is 79.9. The summed E-state index contributed by atoms with van der Waals surface area (Å²) in [7, 11) is 0. The fourth-order valence-corrected chi connectivity index (χ4v) is 2.56. The van der Waals surface area contributed by atoms with Crippen molar-refractivity contribution in [3.63, 3.8) is 0 Å². The van der Waals surface area contributed by atoms with Crippen LogP contribution in [0, 0.1) is 0 Å². The average Bonchev–Trinajstić information content (AvgIpc) is 2.47. The zero-order valence-corrected chi connectivity index (χ0v) is 11.9. The summed E-state index contributed by atoms with van der Waals surface area (Å²) in [6, 6.07) is 1.84. The van der Waals surface area contributed by atoms with Gasteiger partial charge in [-0.1, -0.05) is 0 Å². The van der Waals surface area contributed by atoms with Gasteiger partial charge in [-0.15, -0.1) is 0 Å². The molecule has 1 aliphatic rings. The van der Waals surface area contributed by atoms with Crippen molar-refractivity contribution in [3.05, 3.63) is 28.6 Å². The van der Waals surface area contributed by atoms with Crippen molar-refractivity contribution in [1.82, 2.24) is 19.9 Å². The molecule has 0 unspecified atom stereocenters. The van der Waals surface area contributed by atoms with Crippen LogP contribution in [-0.4, -0.2) is 38.8 Å². The molecule has 2 aromatic rings. The van der Waals surface area contributed by atoms with E-state index in [1.165, 1.54) is 12.6 Å². The maximum atomic E-state index is 12.3. The Labute approximate surface area is 119 Å². The molecule has 6 heteroatoms. The van der Waals surface area contributed by atoms with Gasteiger partial charge in [-0.05, 0) is 41.3 Å². The molecule has 1 aliphatic heterocycles. The Morgan fingerprint density at radius 3 is 2.74 bits per heavy atom. The molecule has 2 aromatic heterocycles. The number of halogens is 1. The van der Waals surface area contributed by atoms with Gasteiger partial charge in [0, 0.05) is 23.8 Å². The van der Waals surface area contributed by atoms with Crippen molar-refractivity contribution in [2.45, 2.75) is 19.3 Å². The smallest absolute Gasteiger partial charge is 0.274 e. The molecular formula is C13H13BrN4O. The zero-order valence-electron chi connectivity index (χ0n) is 10.3. The third-order valence-corrected chi connectivity index (χ3v) is 3.66. The Morgan fingerprint density at radius 2 is 1.95 bits per heavy atom. The number of likely N-dealkylation sites (tertiary alicyclic amines) is 1. The summed E-state index contributed by atoms with van der Waals surface area (Å²) in [6.07, 6.45) is 6.53. The lowest BCUT2D eigenvalue weighted by Crippen LogP contribution is -2.36. The van der Waals surface area contributed by atoms with Crippen molar-refractivity contribution in [1.29, 1.82) is 0 Å². The monoisotopic (exact) mass is 320 g/mol. The summed E-state index contributed by atoms with van der Waals surface area (Å²) in [5, 5.41) is 0. The maximum Gasteiger partial charge on any atom is 0.274 e. The number of carbonyl (C=O) groups excluding carboxylic acids is 1. The van der Waals surface area contributed by atoms with E-state index in [0.29, 0.717) is 16.9 Å². The average molecular weight is 321 g/mol. The Kier molecular flexibility index (Phi) is 3.42. The lowest BCUT2D eigenvalue weighted by molar-refractivity contribution is 0.0718. The van der Waals surface area contributed by atoms with Crippen LogP contribution in [0.3, 0.4) is 0 Å². The van der Waals surface area contributed by atoms with Gasteiger partial charge in [0.2, 0.25) is 0 Å². The third-order valence-electron chi connectivity index (χ3n) is 3.23. The number of amides is 1. The van der Waals surface area contributed by atoms with E-state index in [1.54, 1.807) is 6.20 Å². The van der Waals surface area contributed by atoms with Gasteiger partial charge < -0.3 is 4.90 Å². The summed E-state index contributed by atoms with van der Waals surface area (Å²) in [6.45, 7) is 1.62. The molecule has 0 bridgehead atoms. The summed E-state index contributed by atoms with van der Waals surface area (Å²) in [5.41, 5.74) is 1.57. The second kappa shape index (κ2) is 5.21. The van der Waals surface area contributed by atoms with E-state index in [1.807, 2.05) is 11.0 Å². The molecule has 0 atom stereocenters. The highest BCUT2D eigenvalue weighted by Crippen LogP contribution is 2.16. The summed E-state index contributed by atoms with van der Waals surface area (Å²) < 4.78 is 0.851. The number of hydrogen-bond acceptors (Lipinski definition) is 4. The molecule has 3 rings (SSSR count). The molecule has 0 spiro atoms. The van der Waals surface area contributed by atoms with Gasteiger partial charge >= 0.3 is 0 Å². The first-order valence-electron chi connectivity index (χ1n) is 6.31. The van der Waals surface area contributed by atoms with Crippen LogP contribution in [0.4, 0.5) is 0 Å². The van der Waals surface area contributed by atoms with Gasteiger partial charge in [-0.25, -0.2) is 9.97 Å². The van der Waals surface area contributed by atoms with Crippen molar-refractivity contribution in [3.8, 4) is 0 Å². The molecule has 98 valence electrons. The molecule has 3 heterocycles. The molecule has 5 nitrogen and oxygen atoms in total. The normalized spacial score (nSPS) is 15.7. The van der Waals surface area contributed by atoms with Crippen LogP contribution in [-0.2, 0) is 0 Å². The molecule has 0 radical (unpaired) electrons. The number of carbonyl (C=O) groups is 1. The van der Waals surface area contributed by atoms with Gasteiger partial charge in [-0.2, -0.15) is 0 Å². The molecule has 0 saturated carbocycles. The van der Waals surface area contributed by atoms with Gasteiger partial charge in [-0.3, -0.25) is 9.78 Å². The molecule has 0 N–H and O–H groups in total. The van der Waals surface area contributed by atoms with E-state index < -0.39 is 0 Å². The Morgan fingerprint density at radius 1 is 1.16 bits per heavy atom. The van der Waals surface area contributed by atoms with Crippen LogP contribution in [0.2, 0.25) is 0 Å². The third kappa shape index (κ3) is 2.58. The fourth-order valence-electron chi connectivity index (χ4n) is 2.24. The highest BCUT2D eigenvalue weighted by molar-refractivity contribution is 9.10. The van der Waals surface area contributed by atoms with E-state index in [-0.39, 0.29) is 5.91 Å². The first kappa shape index (κ1) is 12.5. The summed E-state index contributed by atoms with van der Waals surface area (Å²) >= 11 is 3.34. The van der Waals surface area contributed by atoms with Crippen molar-refractivity contribution in [2.75, 3.05) is 13.1 Å². The molecule has 1 saturated heterocycles. The second-order valence-corrected chi connectivity index (χ2v) is 5.52. The van der Waals surface area contributed by atoms with Crippen LogP contribution < -0.4 is 0 Å². The van der Waals surface area contributed by atoms with Gasteiger partial charge in [0.15, 0.2) is 5.65 Å². The van der Waals surface area contributed by atoms with Gasteiger partial charge in [0.05, 0.1) is 6.20 Å². The first-order chi connectivity index (χ1) is 9.24. The van der Waals surface area contributed by atoms with E-state index in [2.05, 4.69) is 30.9 Å². The summed E-state index contributed by atoms with van der Waals surface area (Å²) in [4.78, 5) is 26.9. The SMILES string of the molecule is O=C(c1cnc2cc(Br)cnc2n1)N1CCCCC1. The second-order valence-electron chi connectivity index (χ2n) is 4.60. The quantitative estimate of drug-likeness (QED) is 0.809. The highest BCUT2D eigenvalue weighted by Gasteiger charge is 2.20. The predicted octanol–water partition coefficient (Wildman–Crippen LogP) is 2.41. The number of nitrogens with zero attached hydrogens (tertiary/aromatic N) is 4. The number of pyridine rings is 1. The summed E-state index contributed by atoms with van der Waals surface area (Å²) in [5.74, 6) is -0.0428. The van der Waals surface area contributed by atoms with Crippen LogP contribution in [0.15, 0.2) is 22.9 Å². The zero-order chi connectivity index (χ0) is 13.2. The molecule has 19 heavy (non-hydrogen) atoms. The fraction of sp³-hybridized carbons (Fsp3) is 0.385. The van der Waals surface area contributed by atoms with Gasteiger partial charge in [0.1, 0.15) is 11.2 Å². The standard InChI is InChI=1S/C13H13BrN4O/c14-9-6-10-12(16-7-9)17-11(8-15-10)13(19)18-4-2-1-3-5-18/h6-8H,1-5H2. The molecule has 0 aromatic carbocycles. The van der Waals surface area contributed by atoms with Crippen molar-refractivity contribution in [2.24, 2.45) is 0 Å². The first-order valence-corrected chi connectivity index (χ1v) is 7.11. The van der Waals surface area contributed by atoms with E-state index in [0.717, 1.165) is 30.4 Å². The van der Waals surface area contributed by atoms with Crippen molar-refractivity contribution < 1.29 is 4.79 Å². The van der Waals surface area contributed by atoms with Crippen molar-refractivity contribution >= 4 is 33.0 Å². The number of rotatable bonds is 1. The molecule has 1 amide bonds. The Bertz CT molecular complexity index is 625. The minimum atomic E-state index is -0.0428. The van der Waals surface area contributed by atoms with E-state index >= 15 is 0 Å². The van der Waals surface area contributed by atoms with Crippen LogP contribution in [0.1, 0.15) is 29.8 Å².